The monoisotopic (exact) mass is 341 g/mol. The summed E-state index contributed by atoms with van der Waals surface area (Å²) in [6, 6.07) is 11.7. The lowest BCUT2D eigenvalue weighted by molar-refractivity contribution is -0.139. The average Bonchev–Trinajstić information content (AvgIpc) is 2.48. The summed E-state index contributed by atoms with van der Waals surface area (Å²) in [5.41, 5.74) is 0.385. The van der Waals surface area contributed by atoms with Crippen LogP contribution in [0.25, 0.3) is 0 Å². The maximum atomic E-state index is 12.2. The number of aliphatic carboxylic acids is 1. The summed E-state index contributed by atoms with van der Waals surface area (Å²) in [6.07, 6.45) is 0. The number of benzene rings is 2. The Labute approximate surface area is 132 Å². The largest absolute Gasteiger partial charge is 0.482 e. The van der Waals surface area contributed by atoms with Gasteiger partial charge in [0.2, 0.25) is 0 Å². The third kappa shape index (κ3) is 4.37. The number of carbonyl (C=O) groups is 1. The smallest absolute Gasteiger partial charge is 0.341 e. The predicted octanol–water partition coefficient (Wildman–Crippen LogP) is 2.60. The highest BCUT2D eigenvalue weighted by Crippen LogP contribution is 2.20. The SMILES string of the molecule is O=C(O)COc1ccc(S(=O)(=O)Nc2ccc(Cl)cc2)cc1. The van der Waals surface area contributed by atoms with Crippen LogP contribution in [0, 0.1) is 0 Å². The van der Waals surface area contributed by atoms with E-state index in [-0.39, 0.29) is 10.6 Å². The number of rotatable bonds is 6. The number of halogens is 1. The quantitative estimate of drug-likeness (QED) is 0.842. The number of carboxylic acid groups (broad SMARTS) is 1. The van der Waals surface area contributed by atoms with Gasteiger partial charge in [0.15, 0.2) is 6.61 Å². The van der Waals surface area contributed by atoms with Crippen LogP contribution in [-0.4, -0.2) is 26.1 Å². The van der Waals surface area contributed by atoms with Gasteiger partial charge in [-0.05, 0) is 48.5 Å². The highest BCUT2D eigenvalue weighted by molar-refractivity contribution is 7.92. The lowest BCUT2D eigenvalue weighted by Gasteiger charge is -2.09. The zero-order chi connectivity index (χ0) is 16.2. The van der Waals surface area contributed by atoms with Gasteiger partial charge in [0.25, 0.3) is 10.0 Å². The topological polar surface area (TPSA) is 92.7 Å². The second-order valence-electron chi connectivity index (χ2n) is 4.27. The summed E-state index contributed by atoms with van der Waals surface area (Å²) < 4.78 is 31.7. The molecule has 0 bridgehead atoms. The van der Waals surface area contributed by atoms with E-state index in [0.717, 1.165) is 0 Å². The first-order valence-electron chi connectivity index (χ1n) is 6.10. The normalized spacial score (nSPS) is 11.0. The van der Waals surface area contributed by atoms with Gasteiger partial charge in [-0.1, -0.05) is 11.6 Å². The first kappa shape index (κ1) is 16.1. The van der Waals surface area contributed by atoms with Crippen molar-refractivity contribution in [1.29, 1.82) is 0 Å². The van der Waals surface area contributed by atoms with E-state index in [1.165, 1.54) is 24.3 Å². The van der Waals surface area contributed by atoms with Gasteiger partial charge in [-0.2, -0.15) is 0 Å². The molecule has 0 amide bonds. The molecular formula is C14H12ClNO5S. The van der Waals surface area contributed by atoms with Crippen molar-refractivity contribution in [2.75, 3.05) is 11.3 Å². The maximum Gasteiger partial charge on any atom is 0.341 e. The van der Waals surface area contributed by atoms with Gasteiger partial charge in [-0.3, -0.25) is 4.72 Å². The number of ether oxygens (including phenoxy) is 1. The molecule has 2 aromatic carbocycles. The summed E-state index contributed by atoms with van der Waals surface area (Å²) in [7, 11) is -3.74. The Morgan fingerprint density at radius 3 is 2.23 bits per heavy atom. The summed E-state index contributed by atoms with van der Waals surface area (Å²) >= 11 is 5.74. The number of hydrogen-bond acceptors (Lipinski definition) is 4. The molecule has 6 nitrogen and oxygen atoms in total. The van der Waals surface area contributed by atoms with Crippen LogP contribution >= 0.6 is 11.6 Å². The van der Waals surface area contributed by atoms with Gasteiger partial charge in [0.1, 0.15) is 5.75 Å². The molecule has 0 spiro atoms. The highest BCUT2D eigenvalue weighted by Gasteiger charge is 2.14. The van der Waals surface area contributed by atoms with Crippen LogP contribution in [0.15, 0.2) is 53.4 Å². The Bertz CT molecular complexity index is 757. The molecule has 0 saturated heterocycles. The van der Waals surface area contributed by atoms with Crippen molar-refractivity contribution < 1.29 is 23.1 Å². The molecule has 0 heterocycles. The van der Waals surface area contributed by atoms with Crippen molar-refractivity contribution in [3.8, 4) is 5.75 Å². The molecular weight excluding hydrogens is 330 g/mol. The zero-order valence-corrected chi connectivity index (χ0v) is 12.8. The van der Waals surface area contributed by atoms with Gasteiger partial charge in [0.05, 0.1) is 4.90 Å². The van der Waals surface area contributed by atoms with Crippen molar-refractivity contribution in [3.05, 3.63) is 53.6 Å². The fourth-order valence-corrected chi connectivity index (χ4v) is 2.78. The first-order valence-corrected chi connectivity index (χ1v) is 7.96. The van der Waals surface area contributed by atoms with Gasteiger partial charge in [0, 0.05) is 10.7 Å². The van der Waals surface area contributed by atoms with Crippen molar-refractivity contribution in [2.24, 2.45) is 0 Å². The van der Waals surface area contributed by atoms with Gasteiger partial charge in [-0.15, -0.1) is 0 Å². The van der Waals surface area contributed by atoms with Crippen LogP contribution in [0.3, 0.4) is 0 Å². The van der Waals surface area contributed by atoms with E-state index in [1.807, 2.05) is 0 Å². The number of anilines is 1. The Kier molecular flexibility index (Phi) is 4.89. The van der Waals surface area contributed by atoms with E-state index in [1.54, 1.807) is 24.3 Å². The van der Waals surface area contributed by atoms with Crippen LogP contribution in [0.5, 0.6) is 5.75 Å². The minimum absolute atomic E-state index is 0.0325. The molecule has 0 aliphatic rings. The molecule has 2 rings (SSSR count). The van der Waals surface area contributed by atoms with E-state index in [9.17, 15) is 13.2 Å². The van der Waals surface area contributed by atoms with Crippen LogP contribution in [0.2, 0.25) is 5.02 Å². The maximum absolute atomic E-state index is 12.2. The number of sulfonamides is 1. The molecule has 8 heteroatoms. The first-order chi connectivity index (χ1) is 10.4. The van der Waals surface area contributed by atoms with E-state index in [2.05, 4.69) is 4.72 Å². The fraction of sp³-hybridized carbons (Fsp3) is 0.0714. The molecule has 22 heavy (non-hydrogen) atoms. The van der Waals surface area contributed by atoms with Gasteiger partial charge < -0.3 is 9.84 Å². The molecule has 0 saturated carbocycles. The Hall–Kier alpha value is -2.25. The Balaban J connectivity index is 2.12. The molecule has 2 aromatic rings. The minimum Gasteiger partial charge on any atom is -0.482 e. The summed E-state index contributed by atoms with van der Waals surface area (Å²) in [5, 5.41) is 9.00. The third-order valence-electron chi connectivity index (χ3n) is 2.59. The average molecular weight is 342 g/mol. The van der Waals surface area contributed by atoms with Gasteiger partial charge >= 0.3 is 5.97 Å². The van der Waals surface area contributed by atoms with Gasteiger partial charge in [-0.25, -0.2) is 13.2 Å². The molecule has 0 aliphatic heterocycles. The van der Waals surface area contributed by atoms with E-state index < -0.39 is 22.6 Å². The van der Waals surface area contributed by atoms with Crippen molar-refractivity contribution >= 4 is 33.3 Å². The summed E-state index contributed by atoms with van der Waals surface area (Å²) in [4.78, 5) is 10.4. The molecule has 116 valence electrons. The van der Waals surface area contributed by atoms with Crippen molar-refractivity contribution in [2.45, 2.75) is 4.90 Å². The van der Waals surface area contributed by atoms with E-state index in [4.69, 9.17) is 21.4 Å². The summed E-state index contributed by atoms with van der Waals surface area (Å²) in [5.74, 6) is -0.839. The second-order valence-corrected chi connectivity index (χ2v) is 6.39. The van der Waals surface area contributed by atoms with E-state index in [0.29, 0.717) is 10.7 Å². The molecule has 0 aliphatic carbocycles. The van der Waals surface area contributed by atoms with Crippen LogP contribution in [-0.2, 0) is 14.8 Å². The molecule has 2 N–H and O–H groups in total. The second kappa shape index (κ2) is 6.67. The number of nitrogens with one attached hydrogen (secondary N) is 1. The van der Waals surface area contributed by atoms with E-state index >= 15 is 0 Å². The molecule has 0 atom stereocenters. The van der Waals surface area contributed by atoms with Crippen LogP contribution in [0.1, 0.15) is 0 Å². The van der Waals surface area contributed by atoms with Crippen molar-refractivity contribution in [3.63, 3.8) is 0 Å². The standard InChI is InChI=1S/C14H12ClNO5S/c15-10-1-3-11(4-2-10)16-22(19,20)13-7-5-12(6-8-13)21-9-14(17)18/h1-8,16H,9H2,(H,17,18). The lowest BCUT2D eigenvalue weighted by atomic mass is 10.3. The number of carboxylic acids is 1. The third-order valence-corrected chi connectivity index (χ3v) is 4.24. The van der Waals surface area contributed by atoms with Crippen molar-refractivity contribution in [1.82, 2.24) is 0 Å². The lowest BCUT2D eigenvalue weighted by Crippen LogP contribution is -2.13. The Morgan fingerprint density at radius 1 is 1.09 bits per heavy atom. The molecule has 0 unspecified atom stereocenters. The molecule has 0 radical (unpaired) electrons. The number of hydrogen-bond donors (Lipinski definition) is 2. The summed E-state index contributed by atoms with van der Waals surface area (Å²) in [6.45, 7) is -0.491. The van der Waals surface area contributed by atoms with Crippen LogP contribution < -0.4 is 9.46 Å². The fourth-order valence-electron chi connectivity index (χ4n) is 1.59. The van der Waals surface area contributed by atoms with Crippen LogP contribution in [0.4, 0.5) is 5.69 Å². The molecule has 0 fully saturated rings. The predicted molar refractivity (Wildman–Crippen MR) is 81.8 cm³/mol. The molecule has 0 aromatic heterocycles. The minimum atomic E-state index is -3.74. The zero-order valence-electron chi connectivity index (χ0n) is 11.2. The highest BCUT2D eigenvalue weighted by atomic mass is 35.5. The Morgan fingerprint density at radius 2 is 1.68 bits per heavy atom.